The van der Waals surface area contributed by atoms with E-state index in [1.54, 1.807) is 0 Å². The molecule has 3 aromatic rings. The van der Waals surface area contributed by atoms with Crippen molar-refractivity contribution in [2.45, 2.75) is 24.9 Å². The first kappa shape index (κ1) is 19.1. The van der Waals surface area contributed by atoms with Crippen molar-refractivity contribution in [3.63, 3.8) is 0 Å². The largest absolute Gasteiger partial charge is 0.376 e. The molecular weight excluding hydrogens is 368 g/mol. The molecule has 0 spiro atoms. The van der Waals surface area contributed by atoms with Gasteiger partial charge in [-0.3, -0.25) is 4.90 Å². The molecule has 0 amide bonds. The molecule has 3 aliphatic rings. The molecule has 1 unspecified atom stereocenters. The van der Waals surface area contributed by atoms with Crippen LogP contribution in [0.25, 0.3) is 11.1 Å². The lowest BCUT2D eigenvalue weighted by molar-refractivity contribution is -0.0713. The van der Waals surface area contributed by atoms with E-state index in [4.69, 9.17) is 4.98 Å². The summed E-state index contributed by atoms with van der Waals surface area (Å²) in [6.45, 7) is 2.82. The molecule has 30 heavy (non-hydrogen) atoms. The van der Waals surface area contributed by atoms with Gasteiger partial charge in [0.05, 0.1) is 0 Å². The number of aromatic nitrogens is 1. The van der Waals surface area contributed by atoms with Crippen molar-refractivity contribution < 1.29 is 5.11 Å². The van der Waals surface area contributed by atoms with Gasteiger partial charge in [0, 0.05) is 30.6 Å². The first-order chi connectivity index (χ1) is 14.7. The fourth-order valence-electron chi connectivity index (χ4n) is 4.71. The van der Waals surface area contributed by atoms with E-state index >= 15 is 0 Å². The lowest BCUT2D eigenvalue weighted by atomic mass is 9.76. The first-order valence-corrected chi connectivity index (χ1v) is 10.8. The molecule has 4 heterocycles. The van der Waals surface area contributed by atoms with Crippen molar-refractivity contribution in [1.82, 2.24) is 9.88 Å². The van der Waals surface area contributed by atoms with Crippen LogP contribution >= 0.6 is 0 Å². The Kier molecular flexibility index (Phi) is 5.12. The maximum atomic E-state index is 11.2. The maximum absolute atomic E-state index is 11.2. The third kappa shape index (κ3) is 3.89. The number of hydrogen-bond donors (Lipinski definition) is 1. The second kappa shape index (κ2) is 8.07. The number of piperidine rings is 3. The number of benzene rings is 2. The molecular formula is C27H26N2O. The molecule has 2 aromatic carbocycles. The van der Waals surface area contributed by atoms with E-state index < -0.39 is 5.60 Å². The van der Waals surface area contributed by atoms with Gasteiger partial charge in [-0.2, -0.15) is 0 Å². The maximum Gasteiger partial charge on any atom is 0.141 e. The number of nitrogens with zero attached hydrogens (tertiary/aromatic N) is 2. The standard InChI is InChI=1S/C27H26N2O/c30-27(20-29-15-12-25(27)13-16-29)14-11-26-23(17-21-7-3-1-4-8-21)18-24(19-28-26)22-9-5-2-6-10-22/h1-10,18-19,25,30H,12-13,15-17,20H2. The van der Waals surface area contributed by atoms with Crippen LogP contribution in [0.5, 0.6) is 0 Å². The van der Waals surface area contributed by atoms with Crippen LogP contribution < -0.4 is 0 Å². The van der Waals surface area contributed by atoms with Crippen LogP contribution in [0.15, 0.2) is 72.9 Å². The Balaban J connectivity index is 1.51. The molecule has 1 aromatic heterocycles. The van der Waals surface area contributed by atoms with Crippen LogP contribution in [0.3, 0.4) is 0 Å². The Bertz CT molecular complexity index is 1080. The molecule has 1 atom stereocenters. The third-order valence-corrected chi connectivity index (χ3v) is 6.44. The molecule has 3 heteroatoms. The van der Waals surface area contributed by atoms with E-state index in [1.807, 2.05) is 30.5 Å². The number of fused-ring (bicyclic) bond motifs is 3. The summed E-state index contributed by atoms with van der Waals surface area (Å²) >= 11 is 0. The average Bonchev–Trinajstić information content (AvgIpc) is 2.80. The van der Waals surface area contributed by atoms with Crippen LogP contribution in [-0.4, -0.2) is 40.2 Å². The summed E-state index contributed by atoms with van der Waals surface area (Å²) in [6, 6.07) is 22.9. The molecule has 3 saturated heterocycles. The normalized spacial score (nSPS) is 24.8. The van der Waals surface area contributed by atoms with E-state index in [0.29, 0.717) is 6.54 Å². The van der Waals surface area contributed by atoms with Crippen molar-refractivity contribution in [2.75, 3.05) is 19.6 Å². The van der Waals surface area contributed by atoms with Gasteiger partial charge in [0.25, 0.3) is 0 Å². The minimum Gasteiger partial charge on any atom is -0.376 e. The summed E-state index contributed by atoms with van der Waals surface area (Å²) in [5.74, 6) is 6.78. The second-order valence-electron chi connectivity index (χ2n) is 8.48. The number of rotatable bonds is 3. The molecule has 3 aliphatic heterocycles. The van der Waals surface area contributed by atoms with Gasteiger partial charge in [0.15, 0.2) is 0 Å². The zero-order chi connectivity index (χ0) is 20.4. The highest BCUT2D eigenvalue weighted by molar-refractivity contribution is 5.64. The fourth-order valence-corrected chi connectivity index (χ4v) is 4.71. The molecule has 0 saturated carbocycles. The van der Waals surface area contributed by atoms with E-state index in [2.05, 4.69) is 59.2 Å². The van der Waals surface area contributed by atoms with Crippen molar-refractivity contribution >= 4 is 0 Å². The minimum atomic E-state index is -0.916. The summed E-state index contributed by atoms with van der Waals surface area (Å²) in [4.78, 5) is 7.06. The van der Waals surface area contributed by atoms with Crippen molar-refractivity contribution in [3.05, 3.63) is 89.7 Å². The molecule has 3 nitrogen and oxygen atoms in total. The topological polar surface area (TPSA) is 36.4 Å². The van der Waals surface area contributed by atoms with E-state index in [-0.39, 0.29) is 5.92 Å². The van der Waals surface area contributed by atoms with Crippen LogP contribution in [0.2, 0.25) is 0 Å². The number of aliphatic hydroxyl groups is 1. The van der Waals surface area contributed by atoms with Crippen molar-refractivity contribution in [1.29, 1.82) is 0 Å². The Morgan fingerprint density at radius 1 is 0.967 bits per heavy atom. The van der Waals surface area contributed by atoms with Gasteiger partial charge in [-0.1, -0.05) is 66.6 Å². The van der Waals surface area contributed by atoms with Crippen molar-refractivity contribution in [3.8, 4) is 23.0 Å². The van der Waals surface area contributed by atoms with E-state index in [0.717, 1.165) is 54.7 Å². The first-order valence-electron chi connectivity index (χ1n) is 10.8. The van der Waals surface area contributed by atoms with Gasteiger partial charge in [-0.15, -0.1) is 0 Å². The Labute approximate surface area is 178 Å². The molecule has 150 valence electrons. The van der Waals surface area contributed by atoms with Crippen LogP contribution in [-0.2, 0) is 6.42 Å². The van der Waals surface area contributed by atoms with Gasteiger partial charge in [0.2, 0.25) is 0 Å². The zero-order valence-corrected chi connectivity index (χ0v) is 17.1. The summed E-state index contributed by atoms with van der Waals surface area (Å²) in [6.07, 6.45) is 4.73. The predicted octanol–water partition coefficient (Wildman–Crippen LogP) is 4.15. The quantitative estimate of drug-likeness (QED) is 0.678. The van der Waals surface area contributed by atoms with Gasteiger partial charge in [-0.25, -0.2) is 4.98 Å². The zero-order valence-electron chi connectivity index (χ0n) is 17.1. The lowest BCUT2D eigenvalue weighted by Gasteiger charge is -2.47. The van der Waals surface area contributed by atoms with Crippen LogP contribution in [0.4, 0.5) is 0 Å². The van der Waals surface area contributed by atoms with Gasteiger partial charge < -0.3 is 5.11 Å². The van der Waals surface area contributed by atoms with Crippen LogP contribution in [0.1, 0.15) is 29.7 Å². The average molecular weight is 395 g/mol. The van der Waals surface area contributed by atoms with Crippen LogP contribution in [0, 0.1) is 17.8 Å². The second-order valence-corrected chi connectivity index (χ2v) is 8.48. The highest BCUT2D eigenvalue weighted by Gasteiger charge is 2.44. The molecule has 2 bridgehead atoms. The van der Waals surface area contributed by atoms with E-state index in [1.165, 1.54) is 5.56 Å². The molecule has 0 radical (unpaired) electrons. The molecule has 0 aliphatic carbocycles. The molecule has 1 N–H and O–H groups in total. The fraction of sp³-hybridized carbons (Fsp3) is 0.296. The summed E-state index contributed by atoms with van der Waals surface area (Å²) < 4.78 is 0. The SMILES string of the molecule is OC1(C#Cc2ncc(-c3ccccc3)cc2Cc2ccccc2)CN2CCC1CC2. The van der Waals surface area contributed by atoms with Gasteiger partial charge in [0.1, 0.15) is 11.3 Å². The minimum absolute atomic E-state index is 0.274. The van der Waals surface area contributed by atoms with Crippen molar-refractivity contribution in [2.24, 2.45) is 5.92 Å². The summed E-state index contributed by atoms with van der Waals surface area (Å²) in [5.41, 5.74) is 4.42. The third-order valence-electron chi connectivity index (χ3n) is 6.44. The highest BCUT2D eigenvalue weighted by Crippen LogP contribution is 2.35. The monoisotopic (exact) mass is 394 g/mol. The Morgan fingerprint density at radius 2 is 1.67 bits per heavy atom. The number of hydrogen-bond acceptors (Lipinski definition) is 3. The predicted molar refractivity (Wildman–Crippen MR) is 120 cm³/mol. The molecule has 6 rings (SSSR count). The Morgan fingerprint density at radius 3 is 2.33 bits per heavy atom. The van der Waals surface area contributed by atoms with Gasteiger partial charge in [-0.05, 0) is 54.6 Å². The molecule has 3 fully saturated rings. The number of pyridine rings is 1. The highest BCUT2D eigenvalue weighted by atomic mass is 16.3. The smallest absolute Gasteiger partial charge is 0.141 e. The summed E-state index contributed by atoms with van der Waals surface area (Å²) in [7, 11) is 0. The lowest BCUT2D eigenvalue weighted by Crippen LogP contribution is -2.58. The van der Waals surface area contributed by atoms with Gasteiger partial charge >= 0.3 is 0 Å². The Hall–Kier alpha value is -2.93. The van der Waals surface area contributed by atoms with E-state index in [9.17, 15) is 5.11 Å². The summed E-state index contributed by atoms with van der Waals surface area (Å²) in [5, 5.41) is 11.2.